The van der Waals surface area contributed by atoms with E-state index in [1.165, 1.54) is 0 Å². The van der Waals surface area contributed by atoms with Crippen LogP contribution in [0.5, 0.6) is 5.75 Å². The van der Waals surface area contributed by atoms with Crippen LogP contribution in [0.3, 0.4) is 0 Å². The van der Waals surface area contributed by atoms with Crippen LogP contribution in [0.25, 0.3) is 21.8 Å². The standard InChI is InChI=1S/C28H25N3O3S/c1-3-24-28(33)31(18(2)26(32)29-21-12-8-5-9-13-21)23-16-20(14-15-25(23)34-24)22-17-35-27(30-22)19-10-6-4-7-11-19/h4-18,24H,3H2,1-2H3,(H,29,32). The Hall–Kier alpha value is -3.97. The van der Waals surface area contributed by atoms with Crippen molar-refractivity contribution < 1.29 is 14.3 Å². The molecule has 1 aromatic heterocycles. The molecule has 7 heteroatoms. The number of amides is 2. The van der Waals surface area contributed by atoms with Crippen LogP contribution in [-0.2, 0) is 9.59 Å². The maximum Gasteiger partial charge on any atom is 0.268 e. The van der Waals surface area contributed by atoms with Gasteiger partial charge in [-0.05, 0) is 43.7 Å². The molecular formula is C28H25N3O3S. The van der Waals surface area contributed by atoms with E-state index in [-0.39, 0.29) is 11.8 Å². The summed E-state index contributed by atoms with van der Waals surface area (Å²) in [6, 6.07) is 24.2. The highest BCUT2D eigenvalue weighted by atomic mass is 32.1. The molecule has 2 atom stereocenters. The van der Waals surface area contributed by atoms with Gasteiger partial charge >= 0.3 is 0 Å². The highest BCUT2D eigenvalue weighted by molar-refractivity contribution is 7.13. The molecule has 0 bridgehead atoms. The number of fused-ring (bicyclic) bond motifs is 1. The van der Waals surface area contributed by atoms with E-state index in [0.717, 1.165) is 21.8 Å². The lowest BCUT2D eigenvalue weighted by Gasteiger charge is -2.37. The Morgan fingerprint density at radius 2 is 1.77 bits per heavy atom. The Morgan fingerprint density at radius 1 is 1.06 bits per heavy atom. The normalized spacial score (nSPS) is 15.8. The molecule has 1 aliphatic rings. The second-order valence-electron chi connectivity index (χ2n) is 8.34. The first-order chi connectivity index (χ1) is 17.0. The highest BCUT2D eigenvalue weighted by Gasteiger charge is 2.38. The predicted octanol–water partition coefficient (Wildman–Crippen LogP) is 6.01. The van der Waals surface area contributed by atoms with E-state index in [1.54, 1.807) is 23.2 Å². The van der Waals surface area contributed by atoms with E-state index >= 15 is 0 Å². The van der Waals surface area contributed by atoms with E-state index < -0.39 is 12.1 Å². The first kappa shape index (κ1) is 22.8. The number of hydrogen-bond donors (Lipinski definition) is 1. The molecule has 176 valence electrons. The molecule has 2 heterocycles. The van der Waals surface area contributed by atoms with Gasteiger partial charge in [0.15, 0.2) is 6.10 Å². The van der Waals surface area contributed by atoms with Crippen molar-refractivity contribution in [3.05, 3.63) is 84.2 Å². The lowest BCUT2D eigenvalue weighted by atomic mass is 10.0. The zero-order valence-electron chi connectivity index (χ0n) is 19.5. The second-order valence-corrected chi connectivity index (χ2v) is 9.20. The van der Waals surface area contributed by atoms with Crippen LogP contribution >= 0.6 is 11.3 Å². The molecule has 1 aliphatic heterocycles. The van der Waals surface area contributed by atoms with Gasteiger partial charge in [0, 0.05) is 22.2 Å². The number of nitrogens with one attached hydrogen (secondary N) is 1. The molecule has 0 aliphatic carbocycles. The van der Waals surface area contributed by atoms with Crippen LogP contribution < -0.4 is 15.0 Å². The summed E-state index contributed by atoms with van der Waals surface area (Å²) in [7, 11) is 0. The zero-order valence-corrected chi connectivity index (χ0v) is 20.3. The third-order valence-corrected chi connectivity index (χ3v) is 6.89. The van der Waals surface area contributed by atoms with E-state index in [0.29, 0.717) is 23.5 Å². The third-order valence-electron chi connectivity index (χ3n) is 6.00. The summed E-state index contributed by atoms with van der Waals surface area (Å²) in [5, 5.41) is 5.83. The maximum atomic E-state index is 13.4. The van der Waals surface area contributed by atoms with Crippen LogP contribution in [0.1, 0.15) is 20.3 Å². The zero-order chi connectivity index (χ0) is 24.4. The molecule has 6 nitrogen and oxygen atoms in total. The van der Waals surface area contributed by atoms with Gasteiger partial charge in [0.25, 0.3) is 5.91 Å². The average molecular weight is 484 g/mol. The molecule has 3 aromatic carbocycles. The fourth-order valence-electron chi connectivity index (χ4n) is 4.10. The number of benzene rings is 3. The Balaban J connectivity index is 1.49. The van der Waals surface area contributed by atoms with Crippen LogP contribution in [0, 0.1) is 0 Å². The van der Waals surface area contributed by atoms with Crippen molar-refractivity contribution in [2.45, 2.75) is 32.4 Å². The Labute approximate surface area is 208 Å². The predicted molar refractivity (Wildman–Crippen MR) is 140 cm³/mol. The van der Waals surface area contributed by atoms with E-state index in [2.05, 4.69) is 5.32 Å². The fraction of sp³-hybridized carbons (Fsp3) is 0.179. The molecule has 0 radical (unpaired) electrons. The van der Waals surface area contributed by atoms with Crippen LogP contribution in [0.15, 0.2) is 84.2 Å². The van der Waals surface area contributed by atoms with Crippen LogP contribution in [0.2, 0.25) is 0 Å². The number of carbonyl (C=O) groups is 2. The minimum Gasteiger partial charge on any atom is -0.478 e. The van der Waals surface area contributed by atoms with Gasteiger partial charge < -0.3 is 10.1 Å². The van der Waals surface area contributed by atoms with Crippen LogP contribution in [0.4, 0.5) is 11.4 Å². The molecule has 2 amide bonds. The van der Waals surface area contributed by atoms with Gasteiger partial charge in [-0.1, -0.05) is 55.5 Å². The van der Waals surface area contributed by atoms with Gasteiger partial charge in [-0.3, -0.25) is 14.5 Å². The first-order valence-electron chi connectivity index (χ1n) is 11.6. The molecular weight excluding hydrogens is 458 g/mol. The van der Waals surface area contributed by atoms with Crippen molar-refractivity contribution in [1.29, 1.82) is 0 Å². The third kappa shape index (κ3) is 4.55. The number of thiazole rings is 1. The molecule has 2 unspecified atom stereocenters. The molecule has 0 saturated carbocycles. The van der Waals surface area contributed by atoms with Gasteiger partial charge in [-0.2, -0.15) is 0 Å². The average Bonchev–Trinajstić information content (AvgIpc) is 3.39. The summed E-state index contributed by atoms with van der Waals surface area (Å²) in [4.78, 5) is 32.8. The van der Waals surface area contributed by atoms with Gasteiger partial charge in [0.2, 0.25) is 5.91 Å². The number of rotatable bonds is 6. The minimum atomic E-state index is -0.732. The second kappa shape index (κ2) is 9.72. The fourth-order valence-corrected chi connectivity index (χ4v) is 4.94. The SMILES string of the molecule is CCC1Oc2ccc(-c3csc(-c4ccccc4)n3)cc2N(C(C)C(=O)Nc2ccccc2)C1=O. The molecule has 0 fully saturated rings. The van der Waals surface area contributed by atoms with Crippen molar-refractivity contribution in [3.8, 4) is 27.6 Å². The number of aromatic nitrogens is 1. The Kier molecular flexibility index (Phi) is 6.33. The minimum absolute atomic E-state index is 0.226. The lowest BCUT2D eigenvalue weighted by molar-refractivity contribution is -0.129. The molecule has 1 N–H and O–H groups in total. The summed E-state index contributed by atoms with van der Waals surface area (Å²) in [6.07, 6.45) is -0.125. The monoisotopic (exact) mass is 483 g/mol. The molecule has 0 saturated heterocycles. The summed E-state index contributed by atoms with van der Waals surface area (Å²) in [6.45, 7) is 3.64. The molecule has 35 heavy (non-hydrogen) atoms. The molecule has 5 rings (SSSR count). The van der Waals surface area contributed by atoms with Crippen molar-refractivity contribution in [2.24, 2.45) is 0 Å². The summed E-state index contributed by atoms with van der Waals surface area (Å²) >= 11 is 1.57. The number of nitrogens with zero attached hydrogens (tertiary/aromatic N) is 2. The number of carbonyl (C=O) groups excluding carboxylic acids is 2. The molecule has 4 aromatic rings. The van der Waals surface area contributed by atoms with Crippen molar-refractivity contribution in [3.63, 3.8) is 0 Å². The van der Waals surface area contributed by atoms with Crippen molar-refractivity contribution >= 4 is 34.5 Å². The van der Waals surface area contributed by atoms with Gasteiger partial charge in [-0.15, -0.1) is 11.3 Å². The smallest absolute Gasteiger partial charge is 0.268 e. The Bertz CT molecular complexity index is 1350. The van der Waals surface area contributed by atoms with E-state index in [4.69, 9.17) is 9.72 Å². The Morgan fingerprint density at radius 3 is 2.49 bits per heavy atom. The van der Waals surface area contributed by atoms with Gasteiger partial charge in [0.05, 0.1) is 11.4 Å². The van der Waals surface area contributed by atoms with E-state index in [9.17, 15) is 9.59 Å². The first-order valence-corrected chi connectivity index (χ1v) is 12.4. The summed E-state index contributed by atoms with van der Waals surface area (Å²) in [5.74, 6) is 0.0897. The van der Waals surface area contributed by atoms with Crippen molar-refractivity contribution in [1.82, 2.24) is 4.98 Å². The maximum absolute atomic E-state index is 13.4. The van der Waals surface area contributed by atoms with Crippen LogP contribution in [-0.4, -0.2) is 28.9 Å². The summed E-state index contributed by atoms with van der Waals surface area (Å²) in [5.41, 5.74) is 3.97. The van der Waals surface area contributed by atoms with Gasteiger partial charge in [0.1, 0.15) is 16.8 Å². The van der Waals surface area contributed by atoms with Crippen molar-refractivity contribution in [2.75, 3.05) is 10.2 Å². The largest absolute Gasteiger partial charge is 0.478 e. The number of para-hydroxylation sites is 1. The molecule has 0 spiro atoms. The lowest BCUT2D eigenvalue weighted by Crippen LogP contribution is -2.53. The topological polar surface area (TPSA) is 71.5 Å². The number of anilines is 2. The van der Waals surface area contributed by atoms with E-state index in [1.807, 2.05) is 91.2 Å². The highest BCUT2D eigenvalue weighted by Crippen LogP contribution is 2.40. The summed E-state index contributed by atoms with van der Waals surface area (Å²) < 4.78 is 6.00. The quantitative estimate of drug-likeness (QED) is 0.365. The van der Waals surface area contributed by atoms with Gasteiger partial charge in [-0.25, -0.2) is 4.98 Å². The number of hydrogen-bond acceptors (Lipinski definition) is 5. The number of ether oxygens (including phenoxy) is 1.